The predicted octanol–water partition coefficient (Wildman–Crippen LogP) is 2.76. The first-order valence-corrected chi connectivity index (χ1v) is 7.06. The number of aromatic nitrogens is 2. The molecule has 2 heterocycles. The molecule has 1 aromatic heterocycles. The van der Waals surface area contributed by atoms with E-state index < -0.39 is 0 Å². The minimum Gasteiger partial charge on any atom is -0.377 e. The Kier molecular flexibility index (Phi) is 3.92. The van der Waals surface area contributed by atoms with Gasteiger partial charge in [-0.2, -0.15) is 0 Å². The van der Waals surface area contributed by atoms with Crippen LogP contribution in [0.3, 0.4) is 0 Å². The number of rotatable bonds is 1. The highest BCUT2D eigenvalue weighted by Gasteiger charge is 2.24. The molecule has 0 saturated carbocycles. The van der Waals surface area contributed by atoms with Crippen LogP contribution in [0.1, 0.15) is 33.5 Å². The van der Waals surface area contributed by atoms with Crippen molar-refractivity contribution in [3.05, 3.63) is 16.5 Å². The summed E-state index contributed by atoms with van der Waals surface area (Å²) in [4.78, 5) is 11.5. The van der Waals surface area contributed by atoms with Gasteiger partial charge < -0.3 is 9.64 Å². The summed E-state index contributed by atoms with van der Waals surface area (Å²) in [6.07, 6.45) is 0. The van der Waals surface area contributed by atoms with Crippen LogP contribution in [-0.2, 0) is 10.2 Å². The summed E-state index contributed by atoms with van der Waals surface area (Å²) >= 11 is 3.48. The molecule has 1 saturated heterocycles. The van der Waals surface area contributed by atoms with Gasteiger partial charge in [-0.1, -0.05) is 20.8 Å². The Labute approximate surface area is 117 Å². The van der Waals surface area contributed by atoms with Crippen LogP contribution >= 0.6 is 15.9 Å². The van der Waals surface area contributed by atoms with Gasteiger partial charge in [0, 0.05) is 18.0 Å². The van der Waals surface area contributed by atoms with E-state index in [0.717, 1.165) is 36.0 Å². The van der Waals surface area contributed by atoms with Crippen molar-refractivity contribution in [3.8, 4) is 0 Å². The SMILES string of the molecule is CC1COCCN1c1cc(Br)nc(C(C)(C)C)n1. The smallest absolute Gasteiger partial charge is 0.137 e. The molecule has 1 aliphatic heterocycles. The zero-order valence-corrected chi connectivity index (χ0v) is 13.0. The number of halogens is 1. The van der Waals surface area contributed by atoms with Crippen molar-refractivity contribution in [1.82, 2.24) is 9.97 Å². The molecule has 0 N–H and O–H groups in total. The topological polar surface area (TPSA) is 38.2 Å². The number of ether oxygens (including phenoxy) is 1. The third-order valence-corrected chi connectivity index (χ3v) is 3.42. The molecule has 1 aromatic rings. The standard InChI is InChI=1S/C13H20BrN3O/c1-9-8-18-6-5-17(9)11-7-10(14)15-12(16-11)13(2,3)4/h7,9H,5-6,8H2,1-4H3. The molecule has 0 amide bonds. The molecule has 0 radical (unpaired) electrons. The van der Waals surface area contributed by atoms with Crippen LogP contribution in [0, 0.1) is 0 Å². The molecule has 4 nitrogen and oxygen atoms in total. The molecule has 1 aliphatic rings. The lowest BCUT2D eigenvalue weighted by Crippen LogP contribution is -2.44. The Bertz CT molecular complexity index is 431. The summed E-state index contributed by atoms with van der Waals surface area (Å²) in [5.41, 5.74) is -0.0476. The van der Waals surface area contributed by atoms with Crippen molar-refractivity contribution < 1.29 is 4.74 Å². The fourth-order valence-electron chi connectivity index (χ4n) is 1.96. The van der Waals surface area contributed by atoms with Crippen LogP contribution in [0.5, 0.6) is 0 Å². The van der Waals surface area contributed by atoms with Gasteiger partial charge in [0.15, 0.2) is 0 Å². The second kappa shape index (κ2) is 5.13. The number of morpholine rings is 1. The molecule has 1 fully saturated rings. The zero-order chi connectivity index (χ0) is 13.3. The number of anilines is 1. The minimum atomic E-state index is -0.0476. The van der Waals surface area contributed by atoms with Crippen molar-refractivity contribution in [2.24, 2.45) is 0 Å². The first kappa shape index (κ1) is 13.7. The first-order chi connectivity index (χ1) is 8.38. The predicted molar refractivity (Wildman–Crippen MR) is 76.1 cm³/mol. The molecule has 1 unspecified atom stereocenters. The number of nitrogens with zero attached hydrogens (tertiary/aromatic N) is 3. The number of hydrogen-bond acceptors (Lipinski definition) is 4. The maximum Gasteiger partial charge on any atom is 0.137 e. The van der Waals surface area contributed by atoms with E-state index in [2.05, 4.69) is 53.5 Å². The second-order valence-electron chi connectivity index (χ2n) is 5.74. The van der Waals surface area contributed by atoms with E-state index in [1.807, 2.05) is 6.07 Å². The van der Waals surface area contributed by atoms with E-state index in [1.54, 1.807) is 0 Å². The molecule has 5 heteroatoms. The van der Waals surface area contributed by atoms with E-state index >= 15 is 0 Å². The van der Waals surface area contributed by atoms with Gasteiger partial charge in [-0.3, -0.25) is 0 Å². The molecule has 0 bridgehead atoms. The van der Waals surface area contributed by atoms with E-state index in [0.29, 0.717) is 6.04 Å². The lowest BCUT2D eigenvalue weighted by Gasteiger charge is -2.34. The molecular formula is C13H20BrN3O. The van der Waals surface area contributed by atoms with Gasteiger partial charge in [-0.05, 0) is 22.9 Å². The number of hydrogen-bond donors (Lipinski definition) is 0. The van der Waals surface area contributed by atoms with E-state index in [9.17, 15) is 0 Å². The van der Waals surface area contributed by atoms with Gasteiger partial charge in [0.25, 0.3) is 0 Å². The van der Waals surface area contributed by atoms with Gasteiger partial charge in [0.05, 0.1) is 19.3 Å². The molecule has 0 aliphatic carbocycles. The summed E-state index contributed by atoms with van der Waals surface area (Å²) < 4.78 is 6.31. The van der Waals surface area contributed by atoms with Gasteiger partial charge in [-0.15, -0.1) is 0 Å². The normalized spacial score (nSPS) is 21.2. The quantitative estimate of drug-likeness (QED) is 0.747. The van der Waals surface area contributed by atoms with E-state index in [-0.39, 0.29) is 5.41 Å². The molecule has 0 spiro atoms. The van der Waals surface area contributed by atoms with Crippen molar-refractivity contribution in [2.75, 3.05) is 24.7 Å². The van der Waals surface area contributed by atoms with Gasteiger partial charge in [0.1, 0.15) is 16.2 Å². The summed E-state index contributed by atoms with van der Waals surface area (Å²) in [5.74, 6) is 1.85. The van der Waals surface area contributed by atoms with Crippen molar-refractivity contribution in [2.45, 2.75) is 39.2 Å². The summed E-state index contributed by atoms with van der Waals surface area (Å²) in [6.45, 7) is 10.9. The van der Waals surface area contributed by atoms with Crippen LogP contribution in [0.4, 0.5) is 5.82 Å². The monoisotopic (exact) mass is 313 g/mol. The maximum absolute atomic E-state index is 5.46. The Morgan fingerprint density at radius 3 is 2.72 bits per heavy atom. The van der Waals surface area contributed by atoms with Crippen molar-refractivity contribution in [1.29, 1.82) is 0 Å². The molecule has 2 rings (SSSR count). The van der Waals surface area contributed by atoms with Crippen molar-refractivity contribution in [3.63, 3.8) is 0 Å². The Morgan fingerprint density at radius 1 is 1.39 bits per heavy atom. The van der Waals surface area contributed by atoms with Crippen LogP contribution in [0.2, 0.25) is 0 Å². The lowest BCUT2D eigenvalue weighted by atomic mass is 9.96. The third-order valence-electron chi connectivity index (χ3n) is 3.01. The molecule has 100 valence electrons. The molecular weight excluding hydrogens is 294 g/mol. The van der Waals surface area contributed by atoms with E-state index in [4.69, 9.17) is 9.72 Å². The Morgan fingerprint density at radius 2 is 2.11 bits per heavy atom. The van der Waals surface area contributed by atoms with Crippen LogP contribution in [0.15, 0.2) is 10.7 Å². The van der Waals surface area contributed by atoms with Gasteiger partial charge in [-0.25, -0.2) is 9.97 Å². The fraction of sp³-hybridized carbons (Fsp3) is 0.692. The van der Waals surface area contributed by atoms with Gasteiger partial charge in [0.2, 0.25) is 0 Å². The first-order valence-electron chi connectivity index (χ1n) is 6.27. The highest BCUT2D eigenvalue weighted by Crippen LogP contribution is 2.25. The average Bonchev–Trinajstić information content (AvgIpc) is 2.27. The summed E-state index contributed by atoms with van der Waals surface area (Å²) in [6, 6.07) is 2.34. The summed E-state index contributed by atoms with van der Waals surface area (Å²) in [7, 11) is 0. The van der Waals surface area contributed by atoms with E-state index in [1.165, 1.54) is 0 Å². The highest BCUT2D eigenvalue weighted by atomic mass is 79.9. The van der Waals surface area contributed by atoms with Crippen LogP contribution in [0.25, 0.3) is 0 Å². The Balaban J connectivity index is 2.35. The van der Waals surface area contributed by atoms with Crippen LogP contribution in [-0.4, -0.2) is 35.8 Å². The third kappa shape index (κ3) is 3.01. The molecule has 0 aromatic carbocycles. The fourth-order valence-corrected chi connectivity index (χ4v) is 2.33. The largest absolute Gasteiger partial charge is 0.377 e. The van der Waals surface area contributed by atoms with Crippen LogP contribution < -0.4 is 4.90 Å². The second-order valence-corrected chi connectivity index (χ2v) is 6.55. The molecule has 1 atom stereocenters. The lowest BCUT2D eigenvalue weighted by molar-refractivity contribution is 0.0984. The van der Waals surface area contributed by atoms with Gasteiger partial charge >= 0.3 is 0 Å². The Hall–Kier alpha value is -0.680. The zero-order valence-electron chi connectivity index (χ0n) is 11.4. The minimum absolute atomic E-state index is 0.0476. The summed E-state index contributed by atoms with van der Waals surface area (Å²) in [5, 5.41) is 0. The van der Waals surface area contributed by atoms with Crippen molar-refractivity contribution >= 4 is 21.7 Å². The maximum atomic E-state index is 5.46. The molecule has 18 heavy (non-hydrogen) atoms. The highest BCUT2D eigenvalue weighted by molar-refractivity contribution is 9.10. The average molecular weight is 314 g/mol.